The fourth-order valence-corrected chi connectivity index (χ4v) is 2.07. The second kappa shape index (κ2) is 4.00. The van der Waals surface area contributed by atoms with Crippen molar-refractivity contribution in [2.24, 2.45) is 0 Å². The van der Waals surface area contributed by atoms with E-state index in [2.05, 4.69) is 4.98 Å². The number of carboxylic acids is 1. The lowest BCUT2D eigenvalue weighted by molar-refractivity contribution is 0.0697. The van der Waals surface area contributed by atoms with Gasteiger partial charge < -0.3 is 5.11 Å². The van der Waals surface area contributed by atoms with Gasteiger partial charge in [-0.25, -0.2) is 9.78 Å². The standard InChI is InChI=1S/C10H6ClNO2S/c11-9-3-7(10(13)14)8(4-12-9)6-1-2-15-5-6/h1-5H,(H,13,14). The molecule has 0 atom stereocenters. The summed E-state index contributed by atoms with van der Waals surface area (Å²) in [6.45, 7) is 0. The molecule has 0 aliphatic rings. The number of carbonyl (C=O) groups is 1. The quantitative estimate of drug-likeness (QED) is 0.819. The van der Waals surface area contributed by atoms with E-state index < -0.39 is 5.97 Å². The van der Waals surface area contributed by atoms with Crippen LogP contribution >= 0.6 is 22.9 Å². The zero-order valence-electron chi connectivity index (χ0n) is 7.48. The van der Waals surface area contributed by atoms with E-state index in [1.807, 2.05) is 16.8 Å². The molecular formula is C10H6ClNO2S. The molecule has 15 heavy (non-hydrogen) atoms. The average molecular weight is 240 g/mol. The number of aromatic carboxylic acids is 1. The van der Waals surface area contributed by atoms with E-state index in [1.54, 1.807) is 0 Å². The summed E-state index contributed by atoms with van der Waals surface area (Å²) in [6.07, 6.45) is 1.48. The van der Waals surface area contributed by atoms with Crippen LogP contribution in [0.15, 0.2) is 29.1 Å². The number of rotatable bonds is 2. The van der Waals surface area contributed by atoms with Crippen LogP contribution in [-0.4, -0.2) is 16.1 Å². The fraction of sp³-hybridized carbons (Fsp3) is 0. The average Bonchev–Trinajstić information content (AvgIpc) is 2.70. The van der Waals surface area contributed by atoms with E-state index in [0.29, 0.717) is 5.56 Å². The Hall–Kier alpha value is -1.39. The molecule has 0 bridgehead atoms. The summed E-state index contributed by atoms with van der Waals surface area (Å²) in [6, 6.07) is 3.21. The first-order chi connectivity index (χ1) is 7.18. The third-order valence-corrected chi connectivity index (χ3v) is 2.82. The predicted octanol–water partition coefficient (Wildman–Crippen LogP) is 3.16. The van der Waals surface area contributed by atoms with Crippen LogP contribution in [0.1, 0.15) is 10.4 Å². The van der Waals surface area contributed by atoms with Crippen molar-refractivity contribution in [2.45, 2.75) is 0 Å². The van der Waals surface area contributed by atoms with Crippen molar-refractivity contribution in [3.05, 3.63) is 39.8 Å². The number of carboxylic acid groups (broad SMARTS) is 1. The smallest absolute Gasteiger partial charge is 0.336 e. The Kier molecular flexibility index (Phi) is 2.70. The van der Waals surface area contributed by atoms with Crippen LogP contribution in [0.25, 0.3) is 11.1 Å². The van der Waals surface area contributed by atoms with Crippen LogP contribution in [0.3, 0.4) is 0 Å². The maximum absolute atomic E-state index is 11.0. The molecule has 2 heterocycles. The molecule has 0 amide bonds. The largest absolute Gasteiger partial charge is 0.478 e. The van der Waals surface area contributed by atoms with Gasteiger partial charge in [0.25, 0.3) is 0 Å². The van der Waals surface area contributed by atoms with Crippen molar-refractivity contribution in [1.29, 1.82) is 0 Å². The van der Waals surface area contributed by atoms with Crippen molar-refractivity contribution < 1.29 is 9.90 Å². The van der Waals surface area contributed by atoms with Gasteiger partial charge in [-0.1, -0.05) is 11.6 Å². The highest BCUT2D eigenvalue weighted by Gasteiger charge is 2.13. The summed E-state index contributed by atoms with van der Waals surface area (Å²) in [5.41, 5.74) is 1.61. The summed E-state index contributed by atoms with van der Waals surface area (Å²) in [4.78, 5) is 14.9. The topological polar surface area (TPSA) is 50.2 Å². The van der Waals surface area contributed by atoms with Gasteiger partial charge in [0.15, 0.2) is 0 Å². The molecule has 0 saturated heterocycles. The van der Waals surface area contributed by atoms with Gasteiger partial charge in [0.05, 0.1) is 5.56 Å². The van der Waals surface area contributed by atoms with E-state index in [0.717, 1.165) is 5.56 Å². The third kappa shape index (κ3) is 2.00. The Morgan fingerprint density at radius 3 is 2.93 bits per heavy atom. The van der Waals surface area contributed by atoms with Gasteiger partial charge in [0.1, 0.15) is 5.15 Å². The first-order valence-corrected chi connectivity index (χ1v) is 5.42. The number of halogens is 1. The SMILES string of the molecule is O=C(O)c1cc(Cl)ncc1-c1ccsc1. The van der Waals surface area contributed by atoms with Gasteiger partial charge in [-0.3, -0.25) is 0 Å². The van der Waals surface area contributed by atoms with E-state index in [9.17, 15) is 4.79 Å². The molecule has 0 spiro atoms. The number of nitrogens with zero attached hydrogens (tertiary/aromatic N) is 1. The maximum Gasteiger partial charge on any atom is 0.336 e. The van der Waals surface area contributed by atoms with Gasteiger partial charge in [-0.2, -0.15) is 11.3 Å². The number of aromatic nitrogens is 1. The van der Waals surface area contributed by atoms with Gasteiger partial charge in [-0.15, -0.1) is 0 Å². The Morgan fingerprint density at radius 2 is 2.33 bits per heavy atom. The molecule has 1 N–H and O–H groups in total. The summed E-state index contributed by atoms with van der Waals surface area (Å²) in [5.74, 6) is -1.000. The Labute approximate surface area is 95.0 Å². The van der Waals surface area contributed by atoms with E-state index in [1.165, 1.54) is 23.6 Å². The molecular weight excluding hydrogens is 234 g/mol. The van der Waals surface area contributed by atoms with Gasteiger partial charge in [0.2, 0.25) is 0 Å². The molecule has 5 heteroatoms. The number of hydrogen-bond acceptors (Lipinski definition) is 3. The minimum Gasteiger partial charge on any atom is -0.478 e. The van der Waals surface area contributed by atoms with Crippen LogP contribution in [0.4, 0.5) is 0 Å². The summed E-state index contributed by atoms with van der Waals surface area (Å²) >= 11 is 7.16. The molecule has 0 aliphatic carbocycles. The fourth-order valence-electron chi connectivity index (χ4n) is 1.25. The van der Waals surface area contributed by atoms with Crippen molar-refractivity contribution >= 4 is 28.9 Å². The summed E-state index contributed by atoms with van der Waals surface area (Å²) in [5, 5.41) is 12.9. The molecule has 0 aromatic carbocycles. The zero-order chi connectivity index (χ0) is 10.8. The van der Waals surface area contributed by atoms with Gasteiger partial charge in [-0.05, 0) is 28.5 Å². The highest BCUT2D eigenvalue weighted by molar-refractivity contribution is 7.08. The molecule has 3 nitrogen and oxygen atoms in total. The second-order valence-corrected chi connectivity index (χ2v) is 4.04. The lowest BCUT2D eigenvalue weighted by Gasteiger charge is -2.03. The van der Waals surface area contributed by atoms with Crippen LogP contribution < -0.4 is 0 Å². The number of hydrogen-bond donors (Lipinski definition) is 1. The highest BCUT2D eigenvalue weighted by Crippen LogP contribution is 2.26. The lowest BCUT2D eigenvalue weighted by atomic mass is 10.1. The summed E-state index contributed by atoms with van der Waals surface area (Å²) in [7, 11) is 0. The van der Waals surface area contributed by atoms with Crippen LogP contribution in [0.5, 0.6) is 0 Å². The monoisotopic (exact) mass is 239 g/mol. The first-order valence-electron chi connectivity index (χ1n) is 4.10. The van der Waals surface area contributed by atoms with Crippen LogP contribution in [0, 0.1) is 0 Å². The summed E-state index contributed by atoms with van der Waals surface area (Å²) < 4.78 is 0. The van der Waals surface area contributed by atoms with Crippen molar-refractivity contribution in [3.8, 4) is 11.1 Å². The molecule has 0 fully saturated rings. The molecule has 0 radical (unpaired) electrons. The van der Waals surface area contributed by atoms with E-state index in [4.69, 9.17) is 16.7 Å². The van der Waals surface area contributed by atoms with Crippen LogP contribution in [-0.2, 0) is 0 Å². The van der Waals surface area contributed by atoms with Crippen molar-refractivity contribution in [3.63, 3.8) is 0 Å². The van der Waals surface area contributed by atoms with Crippen LogP contribution in [0.2, 0.25) is 5.15 Å². The molecule has 2 rings (SSSR count). The van der Waals surface area contributed by atoms with E-state index >= 15 is 0 Å². The molecule has 2 aromatic rings. The Balaban J connectivity index is 2.61. The molecule has 0 unspecified atom stereocenters. The molecule has 0 aliphatic heterocycles. The second-order valence-electron chi connectivity index (χ2n) is 2.87. The van der Waals surface area contributed by atoms with Gasteiger partial charge >= 0.3 is 5.97 Å². The minimum atomic E-state index is -1.000. The minimum absolute atomic E-state index is 0.174. The van der Waals surface area contributed by atoms with Crippen molar-refractivity contribution in [1.82, 2.24) is 4.98 Å². The predicted molar refractivity (Wildman–Crippen MR) is 59.5 cm³/mol. The normalized spacial score (nSPS) is 10.2. The third-order valence-electron chi connectivity index (χ3n) is 1.93. The number of pyridine rings is 1. The molecule has 2 aromatic heterocycles. The Morgan fingerprint density at radius 1 is 1.53 bits per heavy atom. The maximum atomic E-state index is 11.0. The number of thiophene rings is 1. The van der Waals surface area contributed by atoms with Crippen molar-refractivity contribution in [2.75, 3.05) is 0 Å². The van der Waals surface area contributed by atoms with E-state index in [-0.39, 0.29) is 10.7 Å². The Bertz CT molecular complexity index is 496. The molecule has 0 saturated carbocycles. The zero-order valence-corrected chi connectivity index (χ0v) is 9.05. The molecule has 76 valence electrons. The first kappa shape index (κ1) is 10.1. The van der Waals surface area contributed by atoms with Gasteiger partial charge in [0, 0.05) is 11.8 Å². The lowest BCUT2D eigenvalue weighted by Crippen LogP contribution is -2.00. The highest BCUT2D eigenvalue weighted by atomic mass is 35.5.